The molecule has 7 heteroatoms. The van der Waals surface area contributed by atoms with Crippen molar-refractivity contribution in [1.82, 2.24) is 9.80 Å². The quantitative estimate of drug-likeness (QED) is 0.653. The van der Waals surface area contributed by atoms with Gasteiger partial charge in [-0.25, -0.2) is 4.79 Å². The number of piperazine rings is 1. The molecule has 3 aliphatic rings. The number of carbonyl (C=O) groups excluding carboxylic acids is 1. The lowest BCUT2D eigenvalue weighted by molar-refractivity contribution is -0.0901. The maximum absolute atomic E-state index is 11.8. The van der Waals surface area contributed by atoms with Gasteiger partial charge in [0.15, 0.2) is 0 Å². The zero-order valence-electron chi connectivity index (χ0n) is 19.2. The molecule has 0 aromatic heterocycles. The molecule has 3 heterocycles. The number of morpholine rings is 1. The second-order valence-electron chi connectivity index (χ2n) is 9.04. The second kappa shape index (κ2) is 9.14. The van der Waals surface area contributed by atoms with Crippen molar-refractivity contribution in [2.45, 2.75) is 32.1 Å². The van der Waals surface area contributed by atoms with Gasteiger partial charge < -0.3 is 19.1 Å². The van der Waals surface area contributed by atoms with Gasteiger partial charge in [-0.2, -0.15) is 5.26 Å². The van der Waals surface area contributed by atoms with Crippen molar-refractivity contribution in [3.05, 3.63) is 63.7 Å². The van der Waals surface area contributed by atoms with Gasteiger partial charge in [0.05, 0.1) is 30.9 Å². The van der Waals surface area contributed by atoms with Crippen LogP contribution in [0, 0.1) is 18.3 Å². The minimum absolute atomic E-state index is 0.00608. The Balaban J connectivity index is 1.18. The first kappa shape index (κ1) is 21.9. The monoisotopic (exact) mass is 447 g/mol. The van der Waals surface area contributed by atoms with Crippen molar-refractivity contribution < 1.29 is 19.0 Å². The Morgan fingerprint density at radius 1 is 1.21 bits per heavy atom. The summed E-state index contributed by atoms with van der Waals surface area (Å²) in [6, 6.07) is 12.3. The Kier molecular flexibility index (Phi) is 6.07. The van der Waals surface area contributed by atoms with Crippen LogP contribution in [0.5, 0.6) is 5.75 Å². The third kappa shape index (κ3) is 4.22. The third-order valence-corrected chi connectivity index (χ3v) is 7.27. The Bertz CT molecular complexity index is 1110. The van der Waals surface area contributed by atoms with Crippen molar-refractivity contribution in [2.75, 3.05) is 46.4 Å². The average Bonchev–Trinajstić information content (AvgIpc) is 3.24. The first-order valence-electron chi connectivity index (χ1n) is 11.5. The van der Waals surface area contributed by atoms with Gasteiger partial charge >= 0.3 is 5.97 Å². The van der Waals surface area contributed by atoms with Crippen molar-refractivity contribution in [3.63, 3.8) is 0 Å². The minimum atomic E-state index is -0.203. The predicted molar refractivity (Wildman–Crippen MR) is 122 cm³/mol. The molecular formula is C26H29N3O4. The maximum atomic E-state index is 11.8. The Morgan fingerprint density at radius 3 is 2.91 bits per heavy atom. The van der Waals surface area contributed by atoms with E-state index in [1.807, 2.05) is 24.3 Å². The largest absolute Gasteiger partial charge is 0.495 e. The molecule has 0 bridgehead atoms. The Labute approximate surface area is 194 Å². The van der Waals surface area contributed by atoms with Gasteiger partial charge in [-0.15, -0.1) is 0 Å². The summed E-state index contributed by atoms with van der Waals surface area (Å²) in [5, 5.41) is 9.22. The summed E-state index contributed by atoms with van der Waals surface area (Å²) >= 11 is 0. The molecule has 0 radical (unpaired) electrons. The number of nitriles is 1. The van der Waals surface area contributed by atoms with E-state index in [2.05, 4.69) is 28.9 Å². The topological polar surface area (TPSA) is 75.0 Å². The van der Waals surface area contributed by atoms with Gasteiger partial charge in [0.25, 0.3) is 0 Å². The zero-order valence-corrected chi connectivity index (χ0v) is 19.2. The van der Waals surface area contributed by atoms with Gasteiger partial charge in [0.2, 0.25) is 0 Å². The summed E-state index contributed by atoms with van der Waals surface area (Å²) in [6.07, 6.45) is 0.961. The molecule has 7 nitrogen and oxygen atoms in total. The molecule has 0 amide bonds. The molecule has 2 atom stereocenters. The van der Waals surface area contributed by atoms with Crippen molar-refractivity contribution in [2.24, 2.45) is 0 Å². The number of hydrogen-bond donors (Lipinski definition) is 0. The number of nitrogens with zero attached hydrogens (tertiary/aromatic N) is 3. The number of rotatable bonds is 5. The van der Waals surface area contributed by atoms with Crippen LogP contribution in [0.3, 0.4) is 0 Å². The number of methoxy groups -OCH3 is 1. The van der Waals surface area contributed by atoms with E-state index >= 15 is 0 Å². The van der Waals surface area contributed by atoms with E-state index in [1.54, 1.807) is 7.11 Å². The first-order chi connectivity index (χ1) is 16.1. The van der Waals surface area contributed by atoms with Crippen molar-refractivity contribution in [3.8, 4) is 11.8 Å². The molecule has 0 N–H and O–H groups in total. The van der Waals surface area contributed by atoms with E-state index in [0.29, 0.717) is 30.6 Å². The summed E-state index contributed by atoms with van der Waals surface area (Å²) in [5.74, 6) is 0.397. The van der Waals surface area contributed by atoms with E-state index in [1.165, 1.54) is 11.1 Å². The molecule has 0 aliphatic carbocycles. The van der Waals surface area contributed by atoms with Gasteiger partial charge in [-0.05, 0) is 48.2 Å². The highest BCUT2D eigenvalue weighted by Gasteiger charge is 2.34. The summed E-state index contributed by atoms with van der Waals surface area (Å²) in [4.78, 5) is 16.8. The van der Waals surface area contributed by atoms with Crippen LogP contribution in [0.25, 0.3) is 0 Å². The average molecular weight is 448 g/mol. The van der Waals surface area contributed by atoms with Crippen LogP contribution in [0.15, 0.2) is 30.3 Å². The van der Waals surface area contributed by atoms with Crippen LogP contribution >= 0.6 is 0 Å². The van der Waals surface area contributed by atoms with Crippen LogP contribution in [0.1, 0.15) is 44.3 Å². The molecule has 5 rings (SSSR count). The zero-order chi connectivity index (χ0) is 22.9. The fourth-order valence-corrected chi connectivity index (χ4v) is 5.20. The second-order valence-corrected chi connectivity index (χ2v) is 9.04. The number of ether oxygens (including phenoxy) is 3. The van der Waals surface area contributed by atoms with Gasteiger partial charge in [-0.3, -0.25) is 4.90 Å². The molecule has 2 aromatic rings. The number of benzene rings is 2. The van der Waals surface area contributed by atoms with Crippen molar-refractivity contribution >= 4 is 5.97 Å². The molecule has 3 aliphatic heterocycles. The van der Waals surface area contributed by atoms with Crippen LogP contribution in [-0.4, -0.2) is 68.3 Å². The van der Waals surface area contributed by atoms with E-state index in [9.17, 15) is 10.1 Å². The van der Waals surface area contributed by atoms with Crippen LogP contribution < -0.4 is 4.74 Å². The van der Waals surface area contributed by atoms with E-state index < -0.39 is 0 Å². The number of esters is 1. The number of hydrogen-bond acceptors (Lipinski definition) is 7. The minimum Gasteiger partial charge on any atom is -0.495 e. The van der Waals surface area contributed by atoms with Gasteiger partial charge in [-0.1, -0.05) is 12.1 Å². The summed E-state index contributed by atoms with van der Waals surface area (Å²) in [5.41, 5.74) is 5.86. The molecular weight excluding hydrogens is 418 g/mol. The number of cyclic esters (lactones) is 1. The predicted octanol–water partition coefficient (Wildman–Crippen LogP) is 2.85. The lowest BCUT2D eigenvalue weighted by Crippen LogP contribution is -2.58. The molecule has 0 unspecified atom stereocenters. The summed E-state index contributed by atoms with van der Waals surface area (Å²) in [7, 11) is 1.59. The van der Waals surface area contributed by atoms with E-state index in [4.69, 9.17) is 14.2 Å². The van der Waals surface area contributed by atoms with Crippen LogP contribution in [0.2, 0.25) is 0 Å². The molecule has 2 aromatic carbocycles. The highest BCUT2D eigenvalue weighted by atomic mass is 16.5. The fraction of sp³-hybridized carbons (Fsp3) is 0.462. The van der Waals surface area contributed by atoms with Crippen LogP contribution in [0.4, 0.5) is 0 Å². The highest BCUT2D eigenvalue weighted by molar-refractivity contribution is 5.93. The van der Waals surface area contributed by atoms with Gasteiger partial charge in [0, 0.05) is 44.3 Å². The molecule has 2 saturated heterocycles. The SMILES string of the molecule is COc1cc([C@@H]2CN3CCN(CCc4ccc5c(c4C)COC5=O)C[C@H]3CO2)ccc1C#N. The number of carbonyl (C=O) groups is 1. The molecule has 0 saturated carbocycles. The normalized spacial score (nSPS) is 22.9. The van der Waals surface area contributed by atoms with Gasteiger partial charge in [0.1, 0.15) is 18.4 Å². The molecule has 0 spiro atoms. The standard InChI is InChI=1S/C26H29N3O4/c1-17-18(5-6-22-23(17)16-33-26(22)30)7-8-28-9-10-29-14-25(32-15-21(29)13-28)19-3-4-20(12-27)24(11-19)31-2/h3-6,11,21,25H,7-10,13-16H2,1-2H3/t21-,25-/m0/s1. The molecule has 172 valence electrons. The van der Waals surface area contributed by atoms with E-state index in [0.717, 1.165) is 55.8 Å². The third-order valence-electron chi connectivity index (χ3n) is 7.27. The fourth-order valence-electron chi connectivity index (χ4n) is 5.20. The van der Waals surface area contributed by atoms with Crippen molar-refractivity contribution in [1.29, 1.82) is 5.26 Å². The Morgan fingerprint density at radius 2 is 2.09 bits per heavy atom. The molecule has 33 heavy (non-hydrogen) atoms. The lowest BCUT2D eigenvalue weighted by Gasteiger charge is -2.46. The smallest absolute Gasteiger partial charge is 0.338 e. The summed E-state index contributed by atoms with van der Waals surface area (Å²) in [6.45, 7) is 8.09. The molecule has 2 fully saturated rings. The number of fused-ring (bicyclic) bond motifs is 2. The Hall–Kier alpha value is -2.92. The van der Waals surface area contributed by atoms with Crippen LogP contribution in [-0.2, 0) is 22.5 Å². The highest BCUT2D eigenvalue weighted by Crippen LogP contribution is 2.31. The first-order valence-corrected chi connectivity index (χ1v) is 11.5. The maximum Gasteiger partial charge on any atom is 0.338 e. The summed E-state index contributed by atoms with van der Waals surface area (Å²) < 4.78 is 16.8. The van der Waals surface area contributed by atoms with E-state index in [-0.39, 0.29) is 12.1 Å². The lowest BCUT2D eigenvalue weighted by atomic mass is 9.96.